The fraction of sp³-hybridized carbons (Fsp3) is 0.471. The van der Waals surface area contributed by atoms with Crippen molar-refractivity contribution >= 4 is 6.09 Å². The van der Waals surface area contributed by atoms with Crippen molar-refractivity contribution in [1.82, 2.24) is 4.90 Å². The molecule has 2 aliphatic heterocycles. The summed E-state index contributed by atoms with van der Waals surface area (Å²) in [6, 6.07) is 8.66. The molecule has 0 saturated carbocycles. The molecule has 2 aliphatic rings. The summed E-state index contributed by atoms with van der Waals surface area (Å²) >= 11 is 0. The average molecular weight is 271 g/mol. The van der Waals surface area contributed by atoms with Gasteiger partial charge in [-0.15, -0.1) is 0 Å². The van der Waals surface area contributed by atoms with E-state index in [0.29, 0.717) is 5.76 Å². The van der Waals surface area contributed by atoms with Crippen LogP contribution >= 0.6 is 0 Å². The van der Waals surface area contributed by atoms with Crippen LogP contribution in [0.4, 0.5) is 4.79 Å². The van der Waals surface area contributed by atoms with Crippen LogP contribution in [-0.2, 0) is 11.2 Å². The maximum Gasteiger partial charge on any atom is 0.415 e. The van der Waals surface area contributed by atoms with E-state index in [1.807, 2.05) is 11.0 Å². The third-order valence-corrected chi connectivity index (χ3v) is 4.20. The first-order valence-corrected chi connectivity index (χ1v) is 7.13. The lowest BCUT2D eigenvalue weighted by atomic mass is 9.75. The van der Waals surface area contributed by atoms with Gasteiger partial charge in [-0.25, -0.2) is 4.79 Å². The molecule has 2 heterocycles. The molecule has 1 amide bonds. The van der Waals surface area contributed by atoms with Crippen molar-refractivity contribution in [3.63, 3.8) is 0 Å². The minimum Gasteiger partial charge on any atom is -0.415 e. The molecule has 0 aliphatic carbocycles. The molecule has 0 spiro atoms. The Balaban J connectivity index is 2.12. The molecule has 3 rings (SSSR count). The van der Waals surface area contributed by atoms with Gasteiger partial charge in [0, 0.05) is 12.5 Å². The lowest BCUT2D eigenvalue weighted by Gasteiger charge is -2.49. The quantitative estimate of drug-likeness (QED) is 0.712. The Kier molecular flexibility index (Phi) is 2.89. The van der Waals surface area contributed by atoms with Gasteiger partial charge in [-0.05, 0) is 23.0 Å². The number of fused-ring (bicyclic) bond motifs is 2. The monoisotopic (exact) mass is 271 g/mol. The van der Waals surface area contributed by atoms with Crippen LogP contribution < -0.4 is 0 Å². The van der Waals surface area contributed by atoms with Crippen LogP contribution in [0.5, 0.6) is 0 Å². The summed E-state index contributed by atoms with van der Waals surface area (Å²) in [4.78, 5) is 14.3. The van der Waals surface area contributed by atoms with E-state index in [0.717, 1.165) is 12.8 Å². The molecule has 1 fully saturated rings. The Bertz CT molecular complexity index is 571. The summed E-state index contributed by atoms with van der Waals surface area (Å²) in [7, 11) is 0. The number of carbonyl (C=O) groups is 1. The van der Waals surface area contributed by atoms with E-state index in [-0.39, 0.29) is 23.6 Å². The Morgan fingerprint density at radius 3 is 2.65 bits per heavy atom. The first-order chi connectivity index (χ1) is 9.38. The summed E-state index contributed by atoms with van der Waals surface area (Å²) < 4.78 is 5.29. The Hall–Kier alpha value is -1.77. The van der Waals surface area contributed by atoms with Crippen LogP contribution in [0.2, 0.25) is 0 Å². The number of hydrogen-bond acceptors (Lipinski definition) is 2. The summed E-state index contributed by atoms with van der Waals surface area (Å²) in [5, 5.41) is 0. The number of hydrogen-bond donors (Lipinski definition) is 0. The predicted octanol–water partition coefficient (Wildman–Crippen LogP) is 4.05. The number of nitrogens with zero attached hydrogens (tertiary/aromatic N) is 1. The molecule has 20 heavy (non-hydrogen) atoms. The maximum absolute atomic E-state index is 12.3. The summed E-state index contributed by atoms with van der Waals surface area (Å²) in [6.07, 6.45) is 1.37. The van der Waals surface area contributed by atoms with Gasteiger partial charge < -0.3 is 4.74 Å². The molecule has 0 unspecified atom stereocenters. The lowest BCUT2D eigenvalue weighted by molar-refractivity contribution is 0.0118. The van der Waals surface area contributed by atoms with E-state index < -0.39 is 0 Å². The molecule has 0 N–H and O–H groups in total. The van der Waals surface area contributed by atoms with E-state index >= 15 is 0 Å². The van der Waals surface area contributed by atoms with Crippen molar-refractivity contribution in [3.8, 4) is 0 Å². The number of amides is 1. The third-order valence-electron chi connectivity index (χ3n) is 4.20. The van der Waals surface area contributed by atoms with Gasteiger partial charge >= 0.3 is 6.09 Å². The Morgan fingerprint density at radius 1 is 1.25 bits per heavy atom. The largest absolute Gasteiger partial charge is 0.415 e. The molecule has 3 heteroatoms. The number of carbonyl (C=O) groups excluding carboxylic acids is 1. The molecular formula is C17H21NO2. The number of cyclic esters (lactones) is 1. The molecule has 1 saturated heterocycles. The zero-order valence-electron chi connectivity index (χ0n) is 12.3. The second-order valence-electron chi connectivity index (χ2n) is 6.84. The molecule has 2 atom stereocenters. The summed E-state index contributed by atoms with van der Waals surface area (Å²) in [5.74, 6) is 0.586. The Labute approximate surface area is 120 Å². The van der Waals surface area contributed by atoms with E-state index in [2.05, 4.69) is 45.5 Å². The van der Waals surface area contributed by atoms with Crippen molar-refractivity contribution in [2.24, 2.45) is 5.41 Å². The molecule has 0 aromatic heterocycles. The molecule has 1 aromatic rings. The highest BCUT2D eigenvalue weighted by Crippen LogP contribution is 2.46. The molecular weight excluding hydrogens is 250 g/mol. The van der Waals surface area contributed by atoms with Gasteiger partial charge in [-0.1, -0.05) is 51.6 Å². The van der Waals surface area contributed by atoms with Crippen molar-refractivity contribution in [2.75, 3.05) is 0 Å². The fourth-order valence-electron chi connectivity index (χ4n) is 3.49. The van der Waals surface area contributed by atoms with Crippen molar-refractivity contribution in [3.05, 3.63) is 47.7 Å². The minimum atomic E-state index is -0.249. The Morgan fingerprint density at radius 2 is 1.95 bits per heavy atom. The van der Waals surface area contributed by atoms with Crippen molar-refractivity contribution < 1.29 is 9.53 Å². The van der Waals surface area contributed by atoms with Crippen LogP contribution in [0.3, 0.4) is 0 Å². The van der Waals surface area contributed by atoms with E-state index in [1.165, 1.54) is 11.1 Å². The number of ether oxygens (including phenoxy) is 1. The van der Waals surface area contributed by atoms with Crippen molar-refractivity contribution in [1.29, 1.82) is 0 Å². The number of rotatable bonds is 0. The fourth-order valence-corrected chi connectivity index (χ4v) is 3.49. The van der Waals surface area contributed by atoms with Gasteiger partial charge in [0.15, 0.2) is 0 Å². The second-order valence-corrected chi connectivity index (χ2v) is 6.84. The van der Waals surface area contributed by atoms with Crippen molar-refractivity contribution in [2.45, 2.75) is 45.7 Å². The third kappa shape index (κ3) is 2.01. The highest BCUT2D eigenvalue weighted by Gasteiger charge is 2.46. The smallest absolute Gasteiger partial charge is 0.415 e. The highest BCUT2D eigenvalue weighted by atomic mass is 16.6. The predicted molar refractivity (Wildman–Crippen MR) is 78.2 cm³/mol. The van der Waals surface area contributed by atoms with Gasteiger partial charge in [0.25, 0.3) is 0 Å². The molecule has 0 radical (unpaired) electrons. The summed E-state index contributed by atoms with van der Waals surface area (Å²) in [6.45, 7) is 10.4. The first-order valence-electron chi connectivity index (χ1n) is 7.13. The molecule has 3 nitrogen and oxygen atoms in total. The standard InChI is InChI=1S/C17H21NO2/c1-11-9-13-10-12-7-5-6-8-14(12)15(17(2,3)4)18(13)16(19)20-11/h5-8,13,15H,1,9-10H2,2-4H3/t13-,15+/m0/s1. The van der Waals surface area contributed by atoms with Gasteiger partial charge in [-0.2, -0.15) is 0 Å². The SMILES string of the molecule is C=C1C[C@H]2Cc3ccccc3[C@H](C(C)(C)C)N2C(=O)O1. The molecule has 1 aromatic carbocycles. The van der Waals surface area contributed by atoms with Crippen LogP contribution in [-0.4, -0.2) is 17.0 Å². The van der Waals surface area contributed by atoms with E-state index in [1.54, 1.807) is 0 Å². The van der Waals surface area contributed by atoms with Gasteiger partial charge in [0.2, 0.25) is 0 Å². The molecule has 106 valence electrons. The van der Waals surface area contributed by atoms with Crippen LogP contribution in [0, 0.1) is 5.41 Å². The topological polar surface area (TPSA) is 29.5 Å². The zero-order valence-corrected chi connectivity index (χ0v) is 12.3. The average Bonchev–Trinajstić information content (AvgIpc) is 2.34. The normalized spacial score (nSPS) is 25.9. The van der Waals surface area contributed by atoms with Gasteiger partial charge in [0.1, 0.15) is 5.76 Å². The molecule has 0 bridgehead atoms. The van der Waals surface area contributed by atoms with Gasteiger partial charge in [0.05, 0.1) is 6.04 Å². The van der Waals surface area contributed by atoms with Gasteiger partial charge in [-0.3, -0.25) is 4.90 Å². The second kappa shape index (κ2) is 4.37. The number of benzene rings is 1. The maximum atomic E-state index is 12.3. The van der Waals surface area contributed by atoms with E-state index in [4.69, 9.17) is 4.74 Å². The highest BCUT2D eigenvalue weighted by molar-refractivity contribution is 5.72. The van der Waals surface area contributed by atoms with E-state index in [9.17, 15) is 4.79 Å². The van der Waals surface area contributed by atoms with Crippen LogP contribution in [0.25, 0.3) is 0 Å². The minimum absolute atomic E-state index is 0.0353. The van der Waals surface area contributed by atoms with Crippen LogP contribution in [0.1, 0.15) is 44.4 Å². The zero-order chi connectivity index (χ0) is 14.5. The lowest BCUT2D eigenvalue weighted by Crippen LogP contribution is -2.53. The first kappa shape index (κ1) is 13.2. The van der Waals surface area contributed by atoms with Crippen LogP contribution in [0.15, 0.2) is 36.6 Å². The summed E-state index contributed by atoms with van der Waals surface area (Å²) in [5.41, 5.74) is 2.56.